The molecular formula is C17H11F9O9. The fraction of sp³-hybridized carbons (Fsp3) is 0.647. The Labute approximate surface area is 187 Å². The third-order valence-electron chi connectivity index (χ3n) is 5.18. The van der Waals surface area contributed by atoms with Gasteiger partial charge in [-0.2, -0.15) is 39.5 Å². The minimum Gasteiger partial charge on any atom is -0.455 e. The molecule has 9 nitrogen and oxygen atoms in total. The van der Waals surface area contributed by atoms with E-state index < -0.39 is 96.9 Å². The lowest BCUT2D eigenvalue weighted by Gasteiger charge is -2.29. The average molecular weight is 530 g/mol. The van der Waals surface area contributed by atoms with Gasteiger partial charge in [0.25, 0.3) is 6.10 Å². The topological polar surface area (TPSA) is 114 Å². The van der Waals surface area contributed by atoms with Crippen LogP contribution in [0.3, 0.4) is 0 Å². The summed E-state index contributed by atoms with van der Waals surface area (Å²) in [5.74, 6) is -10.8. The molecule has 0 aromatic rings. The van der Waals surface area contributed by atoms with Crippen molar-refractivity contribution in [2.45, 2.75) is 49.0 Å². The maximum absolute atomic E-state index is 12.7. The van der Waals surface area contributed by atoms with Crippen LogP contribution in [0, 0.1) is 11.8 Å². The predicted molar refractivity (Wildman–Crippen MR) is 83.5 cm³/mol. The van der Waals surface area contributed by atoms with Gasteiger partial charge in [-0.15, -0.1) is 0 Å². The molecule has 6 atom stereocenters. The first-order valence-corrected chi connectivity index (χ1v) is 9.16. The Morgan fingerprint density at radius 3 is 2.03 bits per heavy atom. The van der Waals surface area contributed by atoms with E-state index >= 15 is 0 Å². The molecule has 6 unspecified atom stereocenters. The van der Waals surface area contributed by atoms with E-state index in [-0.39, 0.29) is 0 Å². The molecule has 3 saturated heterocycles. The Morgan fingerprint density at radius 2 is 1.51 bits per heavy atom. The van der Waals surface area contributed by atoms with Crippen LogP contribution in [0.1, 0.15) is 0 Å². The van der Waals surface area contributed by atoms with Crippen LogP contribution in [-0.2, 0) is 42.9 Å². The smallest absolute Gasteiger partial charge is 0.434 e. The van der Waals surface area contributed by atoms with E-state index in [0.717, 1.165) is 0 Å². The Kier molecular flexibility index (Phi) is 6.49. The quantitative estimate of drug-likeness (QED) is 0.218. The molecule has 0 spiro atoms. The number of hydrogen-bond acceptors (Lipinski definition) is 9. The van der Waals surface area contributed by atoms with Crippen molar-refractivity contribution in [3.63, 3.8) is 0 Å². The van der Waals surface area contributed by atoms with Crippen LogP contribution in [0.2, 0.25) is 0 Å². The lowest BCUT2D eigenvalue weighted by Crippen LogP contribution is -2.51. The van der Waals surface area contributed by atoms with Crippen LogP contribution in [0.4, 0.5) is 39.5 Å². The molecule has 0 saturated carbocycles. The van der Waals surface area contributed by atoms with Gasteiger partial charge in [-0.1, -0.05) is 6.58 Å². The number of fused-ring (bicyclic) bond motifs is 1. The second-order valence-corrected chi connectivity index (χ2v) is 7.43. The number of carbonyl (C=O) groups excluding carboxylic acids is 4. The second kappa shape index (κ2) is 8.56. The third-order valence-corrected chi connectivity index (χ3v) is 5.18. The van der Waals surface area contributed by atoms with Gasteiger partial charge in [-0.05, 0) is 0 Å². The van der Waals surface area contributed by atoms with Gasteiger partial charge < -0.3 is 23.7 Å². The predicted octanol–water partition coefficient (Wildman–Crippen LogP) is 1.54. The molecular weight excluding hydrogens is 519 g/mol. The highest BCUT2D eigenvalue weighted by Crippen LogP contribution is 2.52. The zero-order chi connectivity index (χ0) is 26.7. The maximum atomic E-state index is 12.7. The summed E-state index contributed by atoms with van der Waals surface area (Å²) in [5, 5.41) is 0. The summed E-state index contributed by atoms with van der Waals surface area (Å²) in [6.45, 7) is 0.985. The van der Waals surface area contributed by atoms with Gasteiger partial charge in [-0.3, -0.25) is 9.59 Å². The summed E-state index contributed by atoms with van der Waals surface area (Å²) in [4.78, 5) is 47.4. The normalized spacial score (nSPS) is 29.7. The lowest BCUT2D eigenvalue weighted by atomic mass is 9.78. The van der Waals surface area contributed by atoms with Crippen molar-refractivity contribution < 1.29 is 82.4 Å². The van der Waals surface area contributed by atoms with Gasteiger partial charge in [0.05, 0.1) is 0 Å². The van der Waals surface area contributed by atoms with E-state index in [1.54, 1.807) is 0 Å². The van der Waals surface area contributed by atoms with Crippen LogP contribution in [0.15, 0.2) is 12.2 Å². The molecule has 3 fully saturated rings. The molecule has 3 heterocycles. The molecule has 2 bridgehead atoms. The van der Waals surface area contributed by atoms with Crippen molar-refractivity contribution in [2.24, 2.45) is 11.8 Å². The zero-order valence-electron chi connectivity index (χ0n) is 16.5. The van der Waals surface area contributed by atoms with Crippen LogP contribution in [0.5, 0.6) is 0 Å². The summed E-state index contributed by atoms with van der Waals surface area (Å²) in [6, 6.07) is 0. The molecule has 18 heteroatoms. The number of esters is 4. The standard InChI is InChI=1S/C17H11F9O9/c1-3(15(18,19)20)11(28)31-2-4(27)32-9-7-6(5-8(33-7)10(9)34-12(5)29)13(30)35-14(16(21,22)23)17(24,25)26/h5-10,14H,1-2H2. The summed E-state index contributed by atoms with van der Waals surface area (Å²) in [5.41, 5.74) is -1.96. The van der Waals surface area contributed by atoms with Crippen LogP contribution in [-0.4, -0.2) is 79.5 Å². The third kappa shape index (κ3) is 5.01. The van der Waals surface area contributed by atoms with E-state index in [1.165, 1.54) is 0 Å². The Morgan fingerprint density at radius 1 is 0.943 bits per heavy atom. The molecule has 35 heavy (non-hydrogen) atoms. The lowest BCUT2D eigenvalue weighted by molar-refractivity contribution is -0.314. The van der Waals surface area contributed by atoms with Crippen LogP contribution in [0.25, 0.3) is 0 Å². The van der Waals surface area contributed by atoms with Crippen molar-refractivity contribution in [2.75, 3.05) is 6.61 Å². The summed E-state index contributed by atoms with van der Waals surface area (Å²) in [6.07, 6.45) is -28.3. The number of carbonyl (C=O) groups is 4. The van der Waals surface area contributed by atoms with Gasteiger partial charge >= 0.3 is 42.4 Å². The summed E-state index contributed by atoms with van der Waals surface area (Å²) >= 11 is 0. The second-order valence-electron chi connectivity index (χ2n) is 7.43. The van der Waals surface area contributed by atoms with Crippen molar-refractivity contribution in [3.05, 3.63) is 12.2 Å². The Bertz CT molecular complexity index is 925. The molecule has 3 aliphatic heterocycles. The molecule has 0 N–H and O–H groups in total. The summed E-state index contributed by atoms with van der Waals surface area (Å²) < 4.78 is 136. The SMILES string of the molecule is C=C(C(=O)OCC(=O)OC1C2OC(=O)C3C2OC1C3C(=O)OC(C(F)(F)F)C(F)(F)F)C(F)(F)F. The highest BCUT2D eigenvalue weighted by Gasteiger charge is 2.73. The molecule has 0 aromatic carbocycles. The summed E-state index contributed by atoms with van der Waals surface area (Å²) in [7, 11) is 0. The molecule has 0 aromatic heterocycles. The Hall–Kier alpha value is -3.05. The van der Waals surface area contributed by atoms with Crippen molar-refractivity contribution in [3.8, 4) is 0 Å². The highest BCUT2D eigenvalue weighted by atomic mass is 19.4. The highest BCUT2D eigenvalue weighted by molar-refractivity contribution is 5.90. The van der Waals surface area contributed by atoms with Crippen molar-refractivity contribution >= 4 is 23.9 Å². The monoisotopic (exact) mass is 530 g/mol. The average Bonchev–Trinajstić information content (AvgIpc) is 3.30. The molecule has 0 amide bonds. The number of ether oxygens (including phenoxy) is 5. The largest absolute Gasteiger partial charge is 0.455 e. The first kappa shape index (κ1) is 26.6. The maximum Gasteiger partial charge on any atom is 0.434 e. The molecule has 0 radical (unpaired) electrons. The van der Waals surface area contributed by atoms with E-state index in [0.29, 0.717) is 0 Å². The van der Waals surface area contributed by atoms with Gasteiger partial charge in [0.2, 0.25) is 0 Å². The number of alkyl halides is 9. The van der Waals surface area contributed by atoms with E-state index in [1.807, 2.05) is 0 Å². The first-order chi connectivity index (χ1) is 15.8. The van der Waals surface area contributed by atoms with E-state index in [2.05, 4.69) is 16.1 Å². The molecule has 0 aliphatic carbocycles. The number of hydrogen-bond donors (Lipinski definition) is 0. The van der Waals surface area contributed by atoms with Gasteiger partial charge in [0, 0.05) is 0 Å². The van der Waals surface area contributed by atoms with Gasteiger partial charge in [0.1, 0.15) is 29.6 Å². The van der Waals surface area contributed by atoms with E-state index in [9.17, 15) is 58.7 Å². The number of halogens is 9. The van der Waals surface area contributed by atoms with Crippen molar-refractivity contribution in [1.82, 2.24) is 0 Å². The van der Waals surface area contributed by atoms with Gasteiger partial charge in [0.15, 0.2) is 18.8 Å². The van der Waals surface area contributed by atoms with Crippen LogP contribution < -0.4 is 0 Å². The Balaban J connectivity index is 1.71. The van der Waals surface area contributed by atoms with Gasteiger partial charge in [-0.25, -0.2) is 9.59 Å². The van der Waals surface area contributed by atoms with Crippen LogP contribution >= 0.6 is 0 Å². The fourth-order valence-corrected chi connectivity index (χ4v) is 3.77. The molecule has 3 aliphatic rings. The first-order valence-electron chi connectivity index (χ1n) is 9.16. The van der Waals surface area contributed by atoms with Crippen molar-refractivity contribution in [1.29, 1.82) is 0 Å². The minimum atomic E-state index is -6.05. The fourth-order valence-electron chi connectivity index (χ4n) is 3.77. The van der Waals surface area contributed by atoms with E-state index in [4.69, 9.17) is 14.2 Å². The molecule has 196 valence electrons. The minimum absolute atomic E-state index is 1.26. The zero-order valence-corrected chi connectivity index (χ0v) is 16.5. The number of rotatable bonds is 6. The molecule has 3 rings (SSSR count).